The van der Waals surface area contributed by atoms with Crippen LogP contribution in [0.3, 0.4) is 0 Å². The van der Waals surface area contributed by atoms with Crippen LogP contribution < -0.4 is 9.64 Å². The zero-order chi connectivity index (χ0) is 14.7. The highest BCUT2D eigenvalue weighted by Crippen LogP contribution is 2.33. The maximum Gasteiger partial charge on any atom is 0.265 e. The Kier molecular flexibility index (Phi) is 4.43. The minimum absolute atomic E-state index is 0.0387. The number of fused-ring (bicyclic) bond motifs is 1. The van der Waals surface area contributed by atoms with Gasteiger partial charge in [-0.2, -0.15) is 0 Å². The second kappa shape index (κ2) is 6.47. The summed E-state index contributed by atoms with van der Waals surface area (Å²) >= 11 is 2.25. The molecule has 3 nitrogen and oxygen atoms in total. The van der Waals surface area contributed by atoms with Crippen LogP contribution in [0.25, 0.3) is 0 Å². The molecule has 1 amide bonds. The summed E-state index contributed by atoms with van der Waals surface area (Å²) in [6, 6.07) is 16.3. The zero-order valence-electron chi connectivity index (χ0n) is 11.6. The van der Waals surface area contributed by atoms with E-state index < -0.39 is 0 Å². The molecule has 2 aromatic carbocycles. The van der Waals surface area contributed by atoms with Gasteiger partial charge >= 0.3 is 0 Å². The molecule has 1 aliphatic rings. The highest BCUT2D eigenvalue weighted by atomic mass is 127. The Balaban J connectivity index is 1.69. The Morgan fingerprint density at radius 1 is 1.14 bits per heavy atom. The normalized spacial score (nSPS) is 13.8. The first-order chi connectivity index (χ1) is 10.2. The first-order valence-corrected chi connectivity index (χ1v) is 8.08. The molecular weight excluding hydrogens is 377 g/mol. The van der Waals surface area contributed by atoms with E-state index >= 15 is 0 Å². The third-order valence-corrected chi connectivity index (χ3v) is 4.23. The van der Waals surface area contributed by atoms with Crippen LogP contribution in [0.2, 0.25) is 0 Å². The molecule has 0 aromatic heterocycles. The quantitative estimate of drug-likeness (QED) is 0.743. The second-order valence-electron chi connectivity index (χ2n) is 5.04. The van der Waals surface area contributed by atoms with E-state index in [0.29, 0.717) is 0 Å². The number of carbonyl (C=O) groups is 1. The number of aryl methyl sites for hydroxylation is 1. The van der Waals surface area contributed by atoms with Gasteiger partial charge in [0, 0.05) is 10.1 Å². The Bertz CT molecular complexity index is 642. The minimum Gasteiger partial charge on any atom is -0.482 e. The Morgan fingerprint density at radius 3 is 2.76 bits per heavy atom. The van der Waals surface area contributed by atoms with Crippen LogP contribution in [0.5, 0.6) is 5.75 Å². The first-order valence-electron chi connectivity index (χ1n) is 7.01. The van der Waals surface area contributed by atoms with Gasteiger partial charge in [-0.1, -0.05) is 30.3 Å². The van der Waals surface area contributed by atoms with Gasteiger partial charge in [0.25, 0.3) is 5.91 Å². The molecule has 0 atom stereocenters. The average Bonchev–Trinajstić information content (AvgIpc) is 2.50. The molecule has 0 spiro atoms. The van der Waals surface area contributed by atoms with E-state index in [1.54, 1.807) is 0 Å². The molecule has 0 bridgehead atoms. The molecular formula is C17H16INO2. The lowest BCUT2D eigenvalue weighted by molar-refractivity contribution is -0.121. The lowest BCUT2D eigenvalue weighted by atomic mass is 10.1. The van der Waals surface area contributed by atoms with Crippen molar-refractivity contribution in [1.82, 2.24) is 0 Å². The number of carbonyl (C=O) groups excluding carboxylic acids is 1. The van der Waals surface area contributed by atoms with Gasteiger partial charge < -0.3 is 9.64 Å². The molecule has 3 rings (SSSR count). The van der Waals surface area contributed by atoms with Gasteiger partial charge in [0.05, 0.1) is 5.69 Å². The van der Waals surface area contributed by atoms with Gasteiger partial charge in [-0.3, -0.25) is 4.79 Å². The molecule has 4 heteroatoms. The van der Waals surface area contributed by atoms with Gasteiger partial charge in [-0.15, -0.1) is 0 Å². The smallest absolute Gasteiger partial charge is 0.265 e. The summed E-state index contributed by atoms with van der Waals surface area (Å²) in [5, 5.41) is 0. The second-order valence-corrected chi connectivity index (χ2v) is 6.28. The van der Waals surface area contributed by atoms with Crippen molar-refractivity contribution in [2.45, 2.75) is 12.8 Å². The maximum atomic E-state index is 12.1. The van der Waals surface area contributed by atoms with Gasteiger partial charge in [0.1, 0.15) is 5.75 Å². The molecule has 1 aliphatic heterocycles. The van der Waals surface area contributed by atoms with E-state index in [1.807, 2.05) is 41.3 Å². The van der Waals surface area contributed by atoms with E-state index in [-0.39, 0.29) is 12.5 Å². The number of hydrogen-bond donors (Lipinski definition) is 0. The fraction of sp³-hybridized carbons (Fsp3) is 0.235. The van der Waals surface area contributed by atoms with E-state index in [0.717, 1.165) is 34.4 Å². The number of anilines is 1. The number of amides is 1. The van der Waals surface area contributed by atoms with E-state index in [2.05, 4.69) is 34.7 Å². The Hall–Kier alpha value is -1.56. The summed E-state index contributed by atoms with van der Waals surface area (Å²) < 4.78 is 6.63. The Labute approximate surface area is 138 Å². The molecule has 0 radical (unpaired) electrons. The van der Waals surface area contributed by atoms with Crippen LogP contribution in [0.4, 0.5) is 5.69 Å². The molecule has 0 saturated heterocycles. The van der Waals surface area contributed by atoms with E-state index in [4.69, 9.17) is 4.74 Å². The average molecular weight is 393 g/mol. The van der Waals surface area contributed by atoms with Gasteiger partial charge in [0.2, 0.25) is 0 Å². The molecule has 0 fully saturated rings. The van der Waals surface area contributed by atoms with Crippen LogP contribution in [0.15, 0.2) is 48.5 Å². The number of ether oxygens (including phenoxy) is 1. The SMILES string of the molecule is O=C1COc2cc(I)ccc2N1CCCc1ccccc1. The number of halogens is 1. The predicted octanol–water partition coefficient (Wildman–Crippen LogP) is 3.65. The highest BCUT2D eigenvalue weighted by Gasteiger charge is 2.24. The molecule has 0 aliphatic carbocycles. The molecule has 21 heavy (non-hydrogen) atoms. The number of rotatable bonds is 4. The largest absolute Gasteiger partial charge is 0.482 e. The Morgan fingerprint density at radius 2 is 1.95 bits per heavy atom. The lowest BCUT2D eigenvalue weighted by Gasteiger charge is -2.29. The van der Waals surface area contributed by atoms with Crippen molar-refractivity contribution in [3.63, 3.8) is 0 Å². The van der Waals surface area contributed by atoms with Crippen LogP contribution in [0, 0.1) is 3.57 Å². The molecule has 108 valence electrons. The highest BCUT2D eigenvalue weighted by molar-refractivity contribution is 14.1. The van der Waals surface area contributed by atoms with E-state index in [9.17, 15) is 4.79 Å². The van der Waals surface area contributed by atoms with Crippen molar-refractivity contribution in [2.24, 2.45) is 0 Å². The van der Waals surface area contributed by atoms with Crippen LogP contribution in [-0.4, -0.2) is 19.1 Å². The summed E-state index contributed by atoms with van der Waals surface area (Å²) in [4.78, 5) is 13.9. The molecule has 2 aromatic rings. The van der Waals surface area contributed by atoms with Crippen molar-refractivity contribution in [1.29, 1.82) is 0 Å². The van der Waals surface area contributed by atoms with Crippen molar-refractivity contribution >= 4 is 34.2 Å². The number of hydrogen-bond acceptors (Lipinski definition) is 2. The summed E-state index contributed by atoms with van der Waals surface area (Å²) in [5.41, 5.74) is 2.20. The molecule has 0 unspecified atom stereocenters. The van der Waals surface area contributed by atoms with Crippen molar-refractivity contribution in [3.05, 3.63) is 57.7 Å². The maximum absolute atomic E-state index is 12.1. The lowest BCUT2D eigenvalue weighted by Crippen LogP contribution is -2.39. The molecule has 1 heterocycles. The van der Waals surface area contributed by atoms with Crippen molar-refractivity contribution in [3.8, 4) is 5.75 Å². The predicted molar refractivity (Wildman–Crippen MR) is 91.8 cm³/mol. The molecule has 0 N–H and O–H groups in total. The number of nitrogens with zero attached hydrogens (tertiary/aromatic N) is 1. The van der Waals surface area contributed by atoms with Crippen molar-refractivity contribution in [2.75, 3.05) is 18.1 Å². The standard InChI is InChI=1S/C17H16INO2/c18-14-8-9-15-16(11-14)21-12-17(20)19(15)10-4-7-13-5-2-1-3-6-13/h1-3,5-6,8-9,11H,4,7,10,12H2. The number of benzene rings is 2. The first kappa shape index (κ1) is 14.4. The topological polar surface area (TPSA) is 29.5 Å². The minimum atomic E-state index is 0.0387. The van der Waals surface area contributed by atoms with Gasteiger partial charge in [-0.05, 0) is 59.2 Å². The monoisotopic (exact) mass is 393 g/mol. The van der Waals surface area contributed by atoms with Gasteiger partial charge in [-0.25, -0.2) is 0 Å². The zero-order valence-corrected chi connectivity index (χ0v) is 13.7. The third-order valence-electron chi connectivity index (χ3n) is 3.55. The third kappa shape index (κ3) is 3.37. The fourth-order valence-corrected chi connectivity index (χ4v) is 2.97. The molecule has 0 saturated carbocycles. The summed E-state index contributed by atoms with van der Waals surface area (Å²) in [6.45, 7) is 0.864. The van der Waals surface area contributed by atoms with Crippen molar-refractivity contribution < 1.29 is 9.53 Å². The fourth-order valence-electron chi connectivity index (χ4n) is 2.51. The summed E-state index contributed by atoms with van der Waals surface area (Å²) in [6.07, 6.45) is 1.92. The van der Waals surface area contributed by atoms with E-state index in [1.165, 1.54) is 5.56 Å². The summed E-state index contributed by atoms with van der Waals surface area (Å²) in [5.74, 6) is 0.845. The van der Waals surface area contributed by atoms with Crippen LogP contribution >= 0.6 is 22.6 Å². The summed E-state index contributed by atoms with van der Waals surface area (Å²) in [7, 11) is 0. The van der Waals surface area contributed by atoms with Crippen LogP contribution in [0.1, 0.15) is 12.0 Å². The van der Waals surface area contributed by atoms with Crippen LogP contribution in [-0.2, 0) is 11.2 Å². The van der Waals surface area contributed by atoms with Gasteiger partial charge in [0.15, 0.2) is 6.61 Å².